The Kier molecular flexibility index (Phi) is 2.99. The molecule has 1 aromatic heterocycles. The first-order chi connectivity index (χ1) is 7.58. The van der Waals surface area contributed by atoms with Crippen LogP contribution >= 0.6 is 23.2 Å². The van der Waals surface area contributed by atoms with Crippen LogP contribution in [0, 0.1) is 5.82 Å². The van der Waals surface area contributed by atoms with E-state index in [-0.39, 0.29) is 5.02 Å². The summed E-state index contributed by atoms with van der Waals surface area (Å²) in [5.41, 5.74) is 7.18. The molecular weight excluding hydrogens is 250 g/mol. The van der Waals surface area contributed by atoms with E-state index in [0.29, 0.717) is 22.0 Å². The van der Waals surface area contributed by atoms with Crippen molar-refractivity contribution >= 4 is 28.9 Å². The number of nitrogens with two attached hydrogens (primary N) is 1. The van der Waals surface area contributed by atoms with Gasteiger partial charge in [-0.3, -0.25) is 4.98 Å². The Labute approximate surface area is 102 Å². The number of rotatable bonds is 1. The summed E-state index contributed by atoms with van der Waals surface area (Å²) in [6, 6.07) is 5.89. The normalized spacial score (nSPS) is 10.4. The second-order valence-electron chi connectivity index (χ2n) is 3.23. The van der Waals surface area contributed by atoms with Gasteiger partial charge in [-0.05, 0) is 24.3 Å². The summed E-state index contributed by atoms with van der Waals surface area (Å²) in [7, 11) is 0. The smallest absolute Gasteiger partial charge is 0.141 e. The Balaban J connectivity index is 2.54. The monoisotopic (exact) mass is 256 g/mol. The number of benzene rings is 1. The predicted molar refractivity (Wildman–Crippen MR) is 64.1 cm³/mol. The molecule has 82 valence electrons. The molecule has 1 heterocycles. The molecule has 0 radical (unpaired) electrons. The highest BCUT2D eigenvalue weighted by atomic mass is 35.5. The molecule has 16 heavy (non-hydrogen) atoms. The number of halogens is 3. The molecule has 0 aliphatic carbocycles. The van der Waals surface area contributed by atoms with Gasteiger partial charge in [0.1, 0.15) is 5.82 Å². The summed E-state index contributed by atoms with van der Waals surface area (Å²) in [4.78, 5) is 4.08. The van der Waals surface area contributed by atoms with Crippen molar-refractivity contribution in [3.8, 4) is 11.3 Å². The Morgan fingerprint density at radius 3 is 2.50 bits per heavy atom. The third kappa shape index (κ3) is 2.10. The topological polar surface area (TPSA) is 38.9 Å². The molecule has 0 amide bonds. The fourth-order valence-corrected chi connectivity index (χ4v) is 1.77. The lowest BCUT2D eigenvalue weighted by Crippen LogP contribution is -1.90. The predicted octanol–water partition coefficient (Wildman–Crippen LogP) is 3.78. The van der Waals surface area contributed by atoms with E-state index in [1.54, 1.807) is 12.1 Å². The van der Waals surface area contributed by atoms with Crippen LogP contribution in [0.25, 0.3) is 11.3 Å². The molecule has 0 atom stereocenters. The zero-order chi connectivity index (χ0) is 11.7. The van der Waals surface area contributed by atoms with Gasteiger partial charge in [0.25, 0.3) is 0 Å². The standard InChI is InChI=1S/C11H7Cl2FN2/c12-8-3-6(1-2-10(8)14)11-9(13)4-7(15)5-16-11/h1-5H,15H2. The molecule has 0 saturated carbocycles. The lowest BCUT2D eigenvalue weighted by Gasteiger charge is -2.05. The highest BCUT2D eigenvalue weighted by Gasteiger charge is 2.08. The maximum Gasteiger partial charge on any atom is 0.141 e. The summed E-state index contributed by atoms with van der Waals surface area (Å²) < 4.78 is 13.0. The van der Waals surface area contributed by atoms with Crippen LogP contribution in [0.15, 0.2) is 30.5 Å². The van der Waals surface area contributed by atoms with Gasteiger partial charge >= 0.3 is 0 Å². The van der Waals surface area contributed by atoms with Gasteiger partial charge < -0.3 is 5.73 Å². The molecular formula is C11H7Cl2FN2. The fraction of sp³-hybridized carbons (Fsp3) is 0. The van der Waals surface area contributed by atoms with Crippen molar-refractivity contribution in [2.75, 3.05) is 5.73 Å². The molecule has 5 heteroatoms. The molecule has 2 aromatic rings. The van der Waals surface area contributed by atoms with E-state index in [1.165, 1.54) is 18.3 Å². The minimum absolute atomic E-state index is 0.0344. The van der Waals surface area contributed by atoms with E-state index < -0.39 is 5.82 Å². The summed E-state index contributed by atoms with van der Waals surface area (Å²) in [5.74, 6) is -0.475. The second kappa shape index (κ2) is 4.28. The van der Waals surface area contributed by atoms with Crippen LogP contribution in [0.3, 0.4) is 0 Å². The van der Waals surface area contributed by atoms with Crippen molar-refractivity contribution in [3.05, 3.63) is 46.3 Å². The maximum atomic E-state index is 13.0. The van der Waals surface area contributed by atoms with Crippen molar-refractivity contribution in [1.82, 2.24) is 4.98 Å². The zero-order valence-electron chi connectivity index (χ0n) is 8.05. The molecule has 0 aliphatic heterocycles. The van der Waals surface area contributed by atoms with Crippen molar-refractivity contribution in [1.29, 1.82) is 0 Å². The number of hydrogen-bond acceptors (Lipinski definition) is 2. The van der Waals surface area contributed by atoms with Crippen LogP contribution in [0.4, 0.5) is 10.1 Å². The van der Waals surface area contributed by atoms with Crippen molar-refractivity contribution in [2.24, 2.45) is 0 Å². The molecule has 0 aliphatic rings. The van der Waals surface area contributed by atoms with E-state index in [9.17, 15) is 4.39 Å². The summed E-state index contributed by atoms with van der Waals surface area (Å²) in [6.45, 7) is 0. The van der Waals surface area contributed by atoms with Crippen LogP contribution in [-0.2, 0) is 0 Å². The van der Waals surface area contributed by atoms with Gasteiger partial charge in [-0.1, -0.05) is 23.2 Å². The van der Waals surface area contributed by atoms with Gasteiger partial charge in [0.05, 0.1) is 27.6 Å². The van der Waals surface area contributed by atoms with Gasteiger partial charge in [0.2, 0.25) is 0 Å². The van der Waals surface area contributed by atoms with Crippen LogP contribution in [0.1, 0.15) is 0 Å². The average Bonchev–Trinajstić information content (AvgIpc) is 2.22. The summed E-state index contributed by atoms with van der Waals surface area (Å²) >= 11 is 11.7. The molecule has 0 spiro atoms. The first-order valence-corrected chi connectivity index (χ1v) is 5.20. The lowest BCUT2D eigenvalue weighted by atomic mass is 10.1. The Hall–Kier alpha value is -1.32. The molecule has 0 bridgehead atoms. The zero-order valence-corrected chi connectivity index (χ0v) is 9.56. The van der Waals surface area contributed by atoms with Gasteiger partial charge in [0, 0.05) is 5.56 Å². The van der Waals surface area contributed by atoms with E-state index in [4.69, 9.17) is 28.9 Å². The number of aromatic nitrogens is 1. The number of hydrogen-bond donors (Lipinski definition) is 1. The number of pyridine rings is 1. The van der Waals surface area contributed by atoms with Crippen LogP contribution in [0.5, 0.6) is 0 Å². The Morgan fingerprint density at radius 1 is 1.12 bits per heavy atom. The van der Waals surface area contributed by atoms with Crippen LogP contribution in [-0.4, -0.2) is 4.98 Å². The van der Waals surface area contributed by atoms with E-state index in [1.807, 2.05) is 0 Å². The number of nitrogen functional groups attached to an aromatic ring is 1. The van der Waals surface area contributed by atoms with Crippen LogP contribution < -0.4 is 5.73 Å². The van der Waals surface area contributed by atoms with Crippen molar-refractivity contribution < 1.29 is 4.39 Å². The second-order valence-corrected chi connectivity index (χ2v) is 4.04. The van der Waals surface area contributed by atoms with E-state index in [0.717, 1.165) is 0 Å². The van der Waals surface area contributed by atoms with Gasteiger partial charge in [-0.2, -0.15) is 0 Å². The van der Waals surface area contributed by atoms with Gasteiger partial charge in [0.15, 0.2) is 0 Å². The highest BCUT2D eigenvalue weighted by Crippen LogP contribution is 2.29. The maximum absolute atomic E-state index is 13.0. The minimum atomic E-state index is -0.475. The van der Waals surface area contributed by atoms with E-state index in [2.05, 4.69) is 4.98 Å². The van der Waals surface area contributed by atoms with Crippen LogP contribution in [0.2, 0.25) is 10.0 Å². The number of nitrogens with zero attached hydrogens (tertiary/aromatic N) is 1. The summed E-state index contributed by atoms with van der Waals surface area (Å²) in [5, 5.41) is 0.440. The SMILES string of the molecule is Nc1cnc(-c2ccc(F)c(Cl)c2)c(Cl)c1. The fourth-order valence-electron chi connectivity index (χ4n) is 1.31. The Bertz CT molecular complexity index is 544. The third-order valence-electron chi connectivity index (χ3n) is 2.06. The lowest BCUT2D eigenvalue weighted by molar-refractivity contribution is 0.628. The molecule has 0 unspecified atom stereocenters. The summed E-state index contributed by atoms with van der Waals surface area (Å²) in [6.07, 6.45) is 1.48. The number of anilines is 1. The molecule has 2 rings (SSSR count). The van der Waals surface area contributed by atoms with Crippen molar-refractivity contribution in [3.63, 3.8) is 0 Å². The largest absolute Gasteiger partial charge is 0.397 e. The molecule has 1 aromatic carbocycles. The van der Waals surface area contributed by atoms with Crippen molar-refractivity contribution in [2.45, 2.75) is 0 Å². The molecule has 2 nitrogen and oxygen atoms in total. The highest BCUT2D eigenvalue weighted by molar-refractivity contribution is 6.33. The first kappa shape index (κ1) is 11.2. The van der Waals surface area contributed by atoms with Gasteiger partial charge in [-0.25, -0.2) is 4.39 Å². The Morgan fingerprint density at radius 2 is 1.88 bits per heavy atom. The quantitative estimate of drug-likeness (QED) is 0.844. The minimum Gasteiger partial charge on any atom is -0.397 e. The average molecular weight is 257 g/mol. The molecule has 2 N–H and O–H groups in total. The first-order valence-electron chi connectivity index (χ1n) is 4.44. The molecule has 0 fully saturated rings. The van der Waals surface area contributed by atoms with Gasteiger partial charge in [-0.15, -0.1) is 0 Å². The van der Waals surface area contributed by atoms with E-state index >= 15 is 0 Å². The third-order valence-corrected chi connectivity index (χ3v) is 2.63. The molecule has 0 saturated heterocycles.